The van der Waals surface area contributed by atoms with Crippen LogP contribution in [-0.4, -0.2) is 90.5 Å². The van der Waals surface area contributed by atoms with E-state index in [0.717, 1.165) is 0 Å². The second kappa shape index (κ2) is 10.8. The number of alkyl halides is 14. The molecule has 0 saturated carbocycles. The van der Waals surface area contributed by atoms with Crippen molar-refractivity contribution < 1.29 is 95.3 Å². The topological polar surface area (TPSA) is 160 Å². The van der Waals surface area contributed by atoms with Crippen molar-refractivity contribution in [1.29, 1.82) is 0 Å². The number of nitrogens with two attached hydrogens (primary N) is 1. The van der Waals surface area contributed by atoms with E-state index in [2.05, 4.69) is 9.51 Å². The van der Waals surface area contributed by atoms with E-state index in [9.17, 15) is 76.2 Å². The van der Waals surface area contributed by atoms with Gasteiger partial charge in [-0.25, -0.2) is 9.55 Å². The zero-order valence-electron chi connectivity index (χ0n) is 17.9. The molecule has 0 unspecified atom stereocenters. The number of phosphoric acid groups is 1. The van der Waals surface area contributed by atoms with E-state index in [1.54, 1.807) is 0 Å². The molecule has 230 valence electrons. The first-order chi connectivity index (χ1) is 17.0. The first-order valence-electron chi connectivity index (χ1n) is 9.18. The summed E-state index contributed by atoms with van der Waals surface area (Å²) in [7, 11) is -4.67. The Hall–Kier alpha value is -1.98. The number of anilines is 1. The van der Waals surface area contributed by atoms with Crippen LogP contribution in [0.2, 0.25) is 0 Å². The molecule has 0 aliphatic carbocycles. The predicted molar refractivity (Wildman–Crippen MR) is 92.5 cm³/mol. The van der Waals surface area contributed by atoms with E-state index in [1.165, 1.54) is 17.1 Å². The van der Waals surface area contributed by atoms with Gasteiger partial charge in [0.2, 0.25) is 0 Å². The summed E-state index contributed by atoms with van der Waals surface area (Å²) in [5.41, 5.74) is 5.59. The summed E-state index contributed by atoms with van der Waals surface area (Å²) in [6.45, 7) is -0.562. The third-order valence-electron chi connectivity index (χ3n) is 4.61. The normalized spacial score (nSPS) is 23.9. The predicted octanol–water partition coefficient (Wildman–Crippen LogP) is 2.85. The maximum atomic E-state index is 12.3. The van der Waals surface area contributed by atoms with E-state index in [1.807, 2.05) is 0 Å². The molecule has 1 fully saturated rings. The van der Waals surface area contributed by atoms with Crippen LogP contribution >= 0.6 is 7.82 Å². The van der Waals surface area contributed by atoms with Crippen LogP contribution in [0.1, 0.15) is 6.23 Å². The summed E-state index contributed by atoms with van der Waals surface area (Å²) in [5, 5.41) is 19.6. The number of halogens is 14. The minimum atomic E-state index is -8.04. The largest absolute Gasteiger partial charge is 0.469 e. The van der Waals surface area contributed by atoms with E-state index >= 15 is 0 Å². The van der Waals surface area contributed by atoms with Crippen molar-refractivity contribution in [2.24, 2.45) is 0 Å². The Balaban J connectivity index is 0.000000390. The van der Waals surface area contributed by atoms with Crippen molar-refractivity contribution in [3.05, 3.63) is 12.5 Å². The lowest BCUT2D eigenvalue weighted by molar-refractivity contribution is -0.451. The number of nitrogens with zero attached hydrogens (tertiary/aromatic N) is 2. The highest BCUT2D eigenvalue weighted by Gasteiger charge is 2.91. The van der Waals surface area contributed by atoms with Crippen molar-refractivity contribution in [1.82, 2.24) is 9.55 Å². The molecule has 1 aliphatic heterocycles. The minimum Gasteiger partial charge on any atom is -0.387 e. The molecule has 0 amide bonds. The molecular weight excluding hydrogens is 619 g/mol. The van der Waals surface area contributed by atoms with E-state index in [-0.39, 0.29) is 5.82 Å². The average molecular weight is 633 g/mol. The lowest BCUT2D eigenvalue weighted by Crippen LogP contribution is -2.69. The van der Waals surface area contributed by atoms with Crippen LogP contribution < -0.4 is 5.73 Å². The Labute approximate surface area is 205 Å². The molecular formula is C14H14F14N3O7P. The lowest BCUT2D eigenvalue weighted by Gasteiger charge is -2.37. The Bertz CT molecular complexity index is 992. The average Bonchev–Trinajstić information content (AvgIpc) is 3.27. The van der Waals surface area contributed by atoms with Gasteiger partial charge in [-0.1, -0.05) is 0 Å². The first kappa shape index (κ1) is 35.0. The van der Waals surface area contributed by atoms with Crippen molar-refractivity contribution >= 4 is 13.6 Å². The van der Waals surface area contributed by atoms with Crippen LogP contribution in [0.3, 0.4) is 0 Å². The Morgan fingerprint density at radius 1 is 0.846 bits per heavy atom. The van der Waals surface area contributed by atoms with Gasteiger partial charge in [0.15, 0.2) is 6.23 Å². The molecule has 0 aromatic carbocycles. The molecule has 1 saturated heterocycles. The lowest BCUT2D eigenvalue weighted by atomic mass is 9.98. The van der Waals surface area contributed by atoms with Crippen LogP contribution in [0.25, 0.3) is 0 Å². The number of phosphoric ester groups is 1. The van der Waals surface area contributed by atoms with E-state index in [4.69, 9.17) is 20.3 Å². The zero-order chi connectivity index (χ0) is 31.2. The highest BCUT2D eigenvalue weighted by molar-refractivity contribution is 7.46. The molecule has 0 radical (unpaired) electrons. The molecule has 1 aromatic heterocycles. The molecule has 2 rings (SSSR count). The molecule has 0 spiro atoms. The van der Waals surface area contributed by atoms with Gasteiger partial charge in [0.25, 0.3) is 0 Å². The molecule has 4 atom stereocenters. The molecule has 6 N–H and O–H groups in total. The Morgan fingerprint density at radius 2 is 1.26 bits per heavy atom. The standard InChI is InChI=1S/C8H14N3O7P.C6F14/c9-5-1-10-3-11(5)8-7(13)6(12)4(18-8)2-17-19(14,15)16;7-1(8,3(11,12)5(15,16)17)2(9,10)4(13,14)6(18,19)20/h1,3-4,6-8,12-13H,2,9H2,(H2,14,15,16);/t4-,6-,7-,8-;/m1./s1. The number of nitrogen functional groups attached to an aromatic ring is 1. The number of imidazole rings is 1. The van der Waals surface area contributed by atoms with Crippen LogP contribution in [0.15, 0.2) is 12.5 Å². The van der Waals surface area contributed by atoms with Crippen molar-refractivity contribution in [2.75, 3.05) is 12.3 Å². The van der Waals surface area contributed by atoms with Crippen LogP contribution in [0.4, 0.5) is 67.3 Å². The summed E-state index contributed by atoms with van der Waals surface area (Å²) in [6.07, 6.45) is -17.1. The first-order valence-corrected chi connectivity index (χ1v) is 10.7. The number of rotatable bonds is 7. The second-order valence-corrected chi connectivity index (χ2v) is 8.59. The molecule has 25 heteroatoms. The number of aliphatic hydroxyl groups excluding tert-OH is 2. The van der Waals surface area contributed by atoms with Gasteiger partial charge in [-0.2, -0.15) is 61.5 Å². The van der Waals surface area contributed by atoms with E-state index in [0.29, 0.717) is 0 Å². The fourth-order valence-electron chi connectivity index (χ4n) is 2.55. The second-order valence-electron chi connectivity index (χ2n) is 7.35. The highest BCUT2D eigenvalue weighted by Crippen LogP contribution is 2.60. The van der Waals surface area contributed by atoms with Gasteiger partial charge in [0.1, 0.15) is 24.1 Å². The minimum absolute atomic E-state index is 0.216. The summed E-state index contributed by atoms with van der Waals surface area (Å²) in [4.78, 5) is 20.9. The zero-order valence-corrected chi connectivity index (χ0v) is 18.8. The van der Waals surface area contributed by atoms with Crippen molar-refractivity contribution in [3.63, 3.8) is 0 Å². The molecule has 1 aliphatic rings. The van der Waals surface area contributed by atoms with Crippen LogP contribution in [0, 0.1) is 0 Å². The quantitative estimate of drug-likeness (QED) is 0.225. The van der Waals surface area contributed by atoms with Crippen molar-refractivity contribution in [3.8, 4) is 0 Å². The number of aromatic nitrogens is 2. The third kappa shape index (κ3) is 6.68. The SMILES string of the molecule is FC(F)(F)C(F)(F)C(F)(F)C(F)(F)C(F)(F)C(F)(F)F.Nc1cncn1[C@@H]1O[C@H](COP(=O)(O)O)[C@@H](O)[C@H]1O. The Kier molecular flexibility index (Phi) is 9.69. The summed E-state index contributed by atoms with van der Waals surface area (Å²) in [6, 6.07) is 0. The number of aliphatic hydroxyl groups is 2. The molecule has 10 nitrogen and oxygen atoms in total. The van der Waals surface area contributed by atoms with Crippen LogP contribution in [-0.2, 0) is 13.8 Å². The van der Waals surface area contributed by atoms with Gasteiger partial charge in [-0.05, 0) is 0 Å². The monoisotopic (exact) mass is 633 g/mol. The highest BCUT2D eigenvalue weighted by atomic mass is 31.2. The van der Waals surface area contributed by atoms with Gasteiger partial charge in [0, 0.05) is 0 Å². The molecule has 2 heterocycles. The molecule has 0 bridgehead atoms. The van der Waals surface area contributed by atoms with Gasteiger partial charge >= 0.3 is 43.9 Å². The summed E-state index contributed by atoms with van der Waals surface area (Å²) < 4.78 is 188. The Morgan fingerprint density at radius 3 is 1.56 bits per heavy atom. The van der Waals surface area contributed by atoms with Gasteiger partial charge in [-0.15, -0.1) is 0 Å². The van der Waals surface area contributed by atoms with Crippen LogP contribution in [0.5, 0.6) is 0 Å². The maximum Gasteiger partial charge on any atom is 0.469 e. The maximum absolute atomic E-state index is 12.3. The molecule has 39 heavy (non-hydrogen) atoms. The number of hydrogen-bond acceptors (Lipinski definition) is 7. The summed E-state index contributed by atoms with van der Waals surface area (Å²) in [5.74, 6) is -31.5. The van der Waals surface area contributed by atoms with Gasteiger partial charge in [0.05, 0.1) is 19.1 Å². The third-order valence-corrected chi connectivity index (χ3v) is 5.09. The fourth-order valence-corrected chi connectivity index (χ4v) is 2.89. The van der Waals surface area contributed by atoms with Gasteiger partial charge in [-0.3, -0.25) is 9.09 Å². The number of hydrogen-bond donors (Lipinski definition) is 5. The fraction of sp³-hybridized carbons (Fsp3) is 0.786. The van der Waals surface area contributed by atoms with Gasteiger partial charge < -0.3 is 30.5 Å². The smallest absolute Gasteiger partial charge is 0.387 e. The van der Waals surface area contributed by atoms with E-state index < -0.39 is 75.0 Å². The molecule has 1 aromatic rings. The summed E-state index contributed by atoms with van der Waals surface area (Å²) >= 11 is 0. The van der Waals surface area contributed by atoms with Crippen molar-refractivity contribution in [2.45, 2.75) is 60.6 Å². The number of ether oxygens (including phenoxy) is 1.